The molecule has 2 aliphatic heterocycles. The first-order chi connectivity index (χ1) is 21.8. The number of benzene rings is 4. The van der Waals surface area contributed by atoms with Gasteiger partial charge in [0.1, 0.15) is 63.8 Å². The fourth-order valence-corrected chi connectivity index (χ4v) is 6.28. The van der Waals surface area contributed by atoms with E-state index < -0.39 is 6.10 Å². The van der Waals surface area contributed by atoms with Gasteiger partial charge in [0, 0.05) is 34.9 Å². The zero-order chi connectivity index (χ0) is 31.8. The van der Waals surface area contributed by atoms with Crippen molar-refractivity contribution in [1.29, 1.82) is 0 Å². The smallest absolute Gasteiger partial charge is 0.174 e. The van der Waals surface area contributed by atoms with Crippen molar-refractivity contribution < 1.29 is 42.7 Å². The zero-order valence-electron chi connectivity index (χ0n) is 26.4. The quantitative estimate of drug-likeness (QED) is 0.198. The van der Waals surface area contributed by atoms with Crippen LogP contribution in [0.2, 0.25) is 0 Å². The number of carbonyl (C=O) groups excluding carboxylic acids is 1. The molecule has 0 spiro atoms. The molecule has 0 bridgehead atoms. The second kappa shape index (κ2) is 12.1. The summed E-state index contributed by atoms with van der Waals surface area (Å²) in [5, 5.41) is 0. The molecule has 0 saturated heterocycles. The Morgan fingerprint density at radius 3 is 1.87 bits per heavy atom. The largest absolute Gasteiger partial charge is 0.497 e. The molecule has 0 saturated carbocycles. The van der Waals surface area contributed by atoms with Crippen LogP contribution in [0.15, 0.2) is 60.7 Å². The zero-order valence-corrected chi connectivity index (χ0v) is 26.4. The molecular weight excluding hydrogens is 576 g/mol. The molecule has 4 aromatic rings. The van der Waals surface area contributed by atoms with Crippen LogP contribution in [0.1, 0.15) is 62.7 Å². The van der Waals surface area contributed by atoms with Gasteiger partial charge < -0.3 is 37.9 Å². The number of ketones is 1. The highest BCUT2D eigenvalue weighted by Gasteiger charge is 2.41. The van der Waals surface area contributed by atoms with E-state index in [2.05, 4.69) is 0 Å². The van der Waals surface area contributed by atoms with Crippen LogP contribution in [0.5, 0.6) is 46.0 Å². The Labute approximate surface area is 262 Å². The average molecular weight is 613 g/mol. The first kappa shape index (κ1) is 30.0. The van der Waals surface area contributed by atoms with Crippen LogP contribution >= 0.6 is 0 Å². The number of hydrogen-bond donors (Lipinski definition) is 0. The minimum absolute atomic E-state index is 0.0900. The number of rotatable bonds is 9. The Bertz CT molecular complexity index is 1720. The molecule has 9 nitrogen and oxygen atoms in total. The van der Waals surface area contributed by atoms with Gasteiger partial charge in [0.25, 0.3) is 0 Å². The molecule has 2 heterocycles. The summed E-state index contributed by atoms with van der Waals surface area (Å²) in [6.07, 6.45) is -0.903. The van der Waals surface area contributed by atoms with Crippen molar-refractivity contribution in [3.63, 3.8) is 0 Å². The molecule has 0 fully saturated rings. The van der Waals surface area contributed by atoms with Crippen molar-refractivity contribution in [2.24, 2.45) is 0 Å². The molecule has 6 rings (SSSR count). The summed E-state index contributed by atoms with van der Waals surface area (Å²) in [6, 6.07) is 19.3. The van der Waals surface area contributed by atoms with Crippen LogP contribution in [-0.4, -0.2) is 48.4 Å². The molecule has 45 heavy (non-hydrogen) atoms. The first-order valence-corrected chi connectivity index (χ1v) is 14.5. The Hall–Kier alpha value is -5.05. The second-order valence-corrected chi connectivity index (χ2v) is 10.9. The lowest BCUT2D eigenvalue weighted by Gasteiger charge is -2.30. The molecule has 0 radical (unpaired) electrons. The van der Waals surface area contributed by atoms with E-state index in [4.69, 9.17) is 37.9 Å². The molecule has 0 N–H and O–H groups in total. The van der Waals surface area contributed by atoms with Crippen molar-refractivity contribution in [3.8, 4) is 46.0 Å². The maximum absolute atomic E-state index is 13.6. The van der Waals surface area contributed by atoms with Gasteiger partial charge in [-0.2, -0.15) is 0 Å². The number of methoxy groups -OCH3 is 6. The van der Waals surface area contributed by atoms with Gasteiger partial charge in [-0.25, -0.2) is 0 Å². The van der Waals surface area contributed by atoms with Crippen LogP contribution in [-0.2, 0) is 0 Å². The first-order valence-electron chi connectivity index (χ1n) is 14.5. The van der Waals surface area contributed by atoms with E-state index in [1.807, 2.05) is 61.5 Å². The summed E-state index contributed by atoms with van der Waals surface area (Å²) in [5.41, 5.74) is 4.69. The van der Waals surface area contributed by atoms with Gasteiger partial charge in [-0.15, -0.1) is 0 Å². The predicted octanol–water partition coefficient (Wildman–Crippen LogP) is 7.02. The molecule has 0 unspecified atom stereocenters. The Balaban J connectivity index is 1.50. The van der Waals surface area contributed by atoms with Crippen molar-refractivity contribution >= 4 is 5.78 Å². The number of fused-ring (bicyclic) bond motifs is 2. The van der Waals surface area contributed by atoms with E-state index in [1.54, 1.807) is 41.6 Å². The molecule has 2 aliphatic rings. The van der Waals surface area contributed by atoms with Gasteiger partial charge in [0.05, 0.1) is 55.0 Å². The monoisotopic (exact) mass is 612 g/mol. The third kappa shape index (κ3) is 5.22. The minimum Gasteiger partial charge on any atom is -0.497 e. The lowest BCUT2D eigenvalue weighted by Crippen LogP contribution is -2.23. The van der Waals surface area contributed by atoms with Gasteiger partial charge in [0.15, 0.2) is 5.78 Å². The molecule has 0 amide bonds. The molecule has 0 aromatic heterocycles. The van der Waals surface area contributed by atoms with Gasteiger partial charge in [-0.1, -0.05) is 12.1 Å². The van der Waals surface area contributed by atoms with E-state index >= 15 is 0 Å². The molecule has 9 heteroatoms. The topological polar surface area (TPSA) is 90.9 Å². The Morgan fingerprint density at radius 1 is 0.622 bits per heavy atom. The predicted molar refractivity (Wildman–Crippen MR) is 167 cm³/mol. The fourth-order valence-electron chi connectivity index (χ4n) is 6.28. The number of carbonyl (C=O) groups is 1. The maximum Gasteiger partial charge on any atom is 0.174 e. The van der Waals surface area contributed by atoms with E-state index in [0.29, 0.717) is 45.8 Å². The van der Waals surface area contributed by atoms with Gasteiger partial charge >= 0.3 is 0 Å². The number of hydrogen-bond acceptors (Lipinski definition) is 9. The summed E-state index contributed by atoms with van der Waals surface area (Å²) in [5.74, 6) is 4.39. The summed E-state index contributed by atoms with van der Waals surface area (Å²) in [4.78, 5) is 13.6. The van der Waals surface area contributed by atoms with Gasteiger partial charge in [-0.3, -0.25) is 4.79 Å². The molecule has 234 valence electrons. The van der Waals surface area contributed by atoms with Crippen LogP contribution in [0, 0.1) is 6.92 Å². The standard InChI is InChI=1S/C36H36O9/c1-19-28(41-5)17-32(43-7)34-27(37)16-30(44-35(19)34)25-15-26-31(18-29(25)42-6)45-36(20-8-10-22(38-2)11-9-20)33(26)21-12-23(39-3)14-24(13-21)40-4/h8-15,17-18,30,33,36H,16H2,1-7H3/t30-,33-,36-/m1/s1. The lowest BCUT2D eigenvalue weighted by atomic mass is 9.83. The van der Waals surface area contributed by atoms with Crippen LogP contribution in [0.3, 0.4) is 0 Å². The molecular formula is C36H36O9. The average Bonchev–Trinajstić information content (AvgIpc) is 3.46. The van der Waals surface area contributed by atoms with E-state index in [0.717, 1.165) is 33.6 Å². The highest BCUT2D eigenvalue weighted by Crippen LogP contribution is 2.54. The molecule has 3 atom stereocenters. The number of ether oxygens (including phenoxy) is 8. The maximum atomic E-state index is 13.6. The minimum atomic E-state index is -0.624. The Kier molecular flexibility index (Phi) is 8.10. The van der Waals surface area contributed by atoms with Crippen LogP contribution < -0.4 is 37.9 Å². The van der Waals surface area contributed by atoms with Gasteiger partial charge in [0.2, 0.25) is 0 Å². The number of Topliss-reactive ketones (excluding diaryl/α,β-unsaturated/α-hetero) is 1. The van der Waals surface area contributed by atoms with Gasteiger partial charge in [-0.05, 0) is 48.4 Å². The lowest BCUT2D eigenvalue weighted by molar-refractivity contribution is 0.0839. The van der Waals surface area contributed by atoms with E-state index in [9.17, 15) is 4.79 Å². The SMILES string of the molecule is COc1ccc([C@H]2Oc3cc(OC)c([C@H]4CC(=O)c5c(OC)cc(OC)c(C)c5O4)cc3[C@H]2c2cc(OC)cc(OC)c2)cc1. The van der Waals surface area contributed by atoms with Crippen molar-refractivity contribution in [2.45, 2.75) is 31.5 Å². The van der Waals surface area contributed by atoms with Crippen molar-refractivity contribution in [2.75, 3.05) is 42.7 Å². The second-order valence-electron chi connectivity index (χ2n) is 10.9. The Morgan fingerprint density at radius 2 is 1.27 bits per heavy atom. The normalized spacial score (nSPS) is 18.2. The third-order valence-corrected chi connectivity index (χ3v) is 8.57. The van der Waals surface area contributed by atoms with E-state index in [-0.39, 0.29) is 24.2 Å². The van der Waals surface area contributed by atoms with E-state index in [1.165, 1.54) is 7.11 Å². The summed E-state index contributed by atoms with van der Waals surface area (Å²) in [6.45, 7) is 1.87. The summed E-state index contributed by atoms with van der Waals surface area (Å²) < 4.78 is 46.9. The molecule has 4 aromatic carbocycles. The highest BCUT2D eigenvalue weighted by molar-refractivity contribution is 6.03. The molecule has 0 aliphatic carbocycles. The van der Waals surface area contributed by atoms with Crippen LogP contribution in [0.4, 0.5) is 0 Å². The van der Waals surface area contributed by atoms with Crippen molar-refractivity contribution in [3.05, 3.63) is 94.0 Å². The highest BCUT2D eigenvalue weighted by atomic mass is 16.5. The fraction of sp³-hybridized carbons (Fsp3) is 0.306. The summed E-state index contributed by atoms with van der Waals surface area (Å²) >= 11 is 0. The van der Waals surface area contributed by atoms with Crippen LogP contribution in [0.25, 0.3) is 0 Å². The summed E-state index contributed by atoms with van der Waals surface area (Å²) in [7, 11) is 9.60. The van der Waals surface area contributed by atoms with Crippen molar-refractivity contribution in [1.82, 2.24) is 0 Å². The third-order valence-electron chi connectivity index (χ3n) is 8.57.